The number of nitrogens with zero attached hydrogens (tertiary/aromatic N) is 5. The van der Waals surface area contributed by atoms with Gasteiger partial charge in [-0.2, -0.15) is 4.98 Å². The smallest absolute Gasteiger partial charge is 0.293 e. The van der Waals surface area contributed by atoms with E-state index >= 15 is 0 Å². The molecule has 9 nitrogen and oxygen atoms in total. The van der Waals surface area contributed by atoms with Gasteiger partial charge in [-0.3, -0.25) is 9.78 Å². The fraction of sp³-hybridized carbons (Fsp3) is 0.278. The van der Waals surface area contributed by atoms with Crippen molar-refractivity contribution in [2.24, 2.45) is 7.05 Å². The highest BCUT2D eigenvalue weighted by atomic mass is 19.3. The van der Waals surface area contributed by atoms with Crippen LogP contribution in [0.3, 0.4) is 0 Å². The summed E-state index contributed by atoms with van der Waals surface area (Å²) in [6.07, 6.45) is 1.64. The van der Waals surface area contributed by atoms with Gasteiger partial charge in [-0.15, -0.1) is 0 Å². The summed E-state index contributed by atoms with van der Waals surface area (Å²) < 4.78 is 37.4. The number of halogens is 2. The predicted molar refractivity (Wildman–Crippen MR) is 98.8 cm³/mol. The van der Waals surface area contributed by atoms with E-state index in [1.165, 1.54) is 13.2 Å². The average molecular weight is 404 g/mol. The Morgan fingerprint density at radius 2 is 2.07 bits per heavy atom. The normalized spacial score (nSPS) is 10.9. The van der Waals surface area contributed by atoms with Crippen LogP contribution in [0.15, 0.2) is 36.9 Å². The Hall–Kier alpha value is -3.47. The zero-order chi connectivity index (χ0) is 20.8. The maximum atomic E-state index is 12.6. The number of methoxy groups -OCH3 is 1. The molecule has 0 aliphatic heterocycles. The number of hydrogen-bond acceptors (Lipinski definition) is 7. The van der Waals surface area contributed by atoms with Gasteiger partial charge in [0.2, 0.25) is 11.7 Å². The number of aromatic nitrogens is 5. The Morgan fingerprint density at radius 3 is 2.69 bits per heavy atom. The minimum atomic E-state index is -2.69. The molecule has 0 saturated carbocycles. The summed E-state index contributed by atoms with van der Waals surface area (Å²) in [5.41, 5.74) is 0.937. The quantitative estimate of drug-likeness (QED) is 0.575. The third-order valence-electron chi connectivity index (χ3n) is 3.79. The molecule has 0 fully saturated rings. The lowest BCUT2D eigenvalue weighted by atomic mass is 10.3. The van der Waals surface area contributed by atoms with Gasteiger partial charge in [0.15, 0.2) is 0 Å². The molecule has 0 radical (unpaired) electrons. The van der Waals surface area contributed by atoms with Gasteiger partial charge < -0.3 is 19.4 Å². The van der Waals surface area contributed by atoms with Gasteiger partial charge in [0.05, 0.1) is 42.4 Å². The van der Waals surface area contributed by atoms with Crippen LogP contribution < -0.4 is 10.1 Å². The number of amides is 1. The standard InChI is InChI=1S/C18H18F2N6O3/c1-26-10-21-9-14(26)13-7-15(29-6-5-28-2)25-17(24-13)18(27)23-11-3-4-12(16(19)20)22-8-11/h3-4,7-10,16H,5-6H2,1-2H3,(H,23,27). The van der Waals surface area contributed by atoms with Crippen molar-refractivity contribution in [2.45, 2.75) is 6.43 Å². The zero-order valence-electron chi connectivity index (χ0n) is 15.7. The second kappa shape index (κ2) is 9.15. The van der Waals surface area contributed by atoms with Crippen LogP contribution in [-0.2, 0) is 11.8 Å². The first-order chi connectivity index (χ1) is 14.0. The molecule has 152 valence electrons. The van der Waals surface area contributed by atoms with Crippen LogP contribution >= 0.6 is 0 Å². The highest BCUT2D eigenvalue weighted by molar-refractivity contribution is 6.01. The minimum absolute atomic E-state index is 0.158. The third-order valence-corrected chi connectivity index (χ3v) is 3.79. The molecule has 0 aliphatic rings. The molecule has 29 heavy (non-hydrogen) atoms. The van der Waals surface area contributed by atoms with Crippen LogP contribution in [0, 0.1) is 0 Å². The molecule has 1 N–H and O–H groups in total. The van der Waals surface area contributed by atoms with Crippen LogP contribution in [0.1, 0.15) is 22.7 Å². The van der Waals surface area contributed by atoms with E-state index in [9.17, 15) is 13.6 Å². The summed E-state index contributed by atoms with van der Waals surface area (Å²) in [4.78, 5) is 28.6. The summed E-state index contributed by atoms with van der Waals surface area (Å²) in [6, 6.07) is 4.04. The van der Waals surface area contributed by atoms with Gasteiger partial charge in [-0.1, -0.05) is 0 Å². The zero-order valence-corrected chi connectivity index (χ0v) is 15.7. The molecule has 3 heterocycles. The van der Waals surface area contributed by atoms with Gasteiger partial charge in [0.25, 0.3) is 12.3 Å². The SMILES string of the molecule is COCCOc1cc(-c2cncn2C)nc(C(=O)Nc2ccc(C(F)F)nc2)n1. The van der Waals surface area contributed by atoms with E-state index in [4.69, 9.17) is 9.47 Å². The Labute approximate surface area is 164 Å². The fourth-order valence-corrected chi connectivity index (χ4v) is 2.36. The number of nitrogens with one attached hydrogen (secondary N) is 1. The molecule has 3 aromatic heterocycles. The van der Waals surface area contributed by atoms with Gasteiger partial charge >= 0.3 is 0 Å². The van der Waals surface area contributed by atoms with Gasteiger partial charge in [0.1, 0.15) is 12.3 Å². The van der Waals surface area contributed by atoms with E-state index in [0.29, 0.717) is 18.0 Å². The van der Waals surface area contributed by atoms with E-state index in [1.807, 2.05) is 0 Å². The molecule has 1 amide bonds. The molecule has 0 unspecified atom stereocenters. The number of pyridine rings is 1. The maximum absolute atomic E-state index is 12.6. The van der Waals surface area contributed by atoms with Crippen molar-refractivity contribution in [2.75, 3.05) is 25.6 Å². The van der Waals surface area contributed by atoms with Crippen molar-refractivity contribution in [1.29, 1.82) is 0 Å². The number of carbonyl (C=O) groups excluding carboxylic acids is 1. The molecule has 11 heteroatoms. The first-order valence-electron chi connectivity index (χ1n) is 8.51. The second-order valence-corrected chi connectivity index (χ2v) is 5.87. The van der Waals surface area contributed by atoms with Crippen molar-refractivity contribution in [1.82, 2.24) is 24.5 Å². The number of imidazole rings is 1. The minimum Gasteiger partial charge on any atom is -0.475 e. The Balaban J connectivity index is 1.86. The molecule has 0 aromatic carbocycles. The number of aryl methyl sites for hydroxylation is 1. The number of rotatable bonds is 8. The van der Waals surface area contributed by atoms with Crippen LogP contribution in [-0.4, -0.2) is 50.7 Å². The first-order valence-corrected chi connectivity index (χ1v) is 8.51. The van der Waals surface area contributed by atoms with Crippen molar-refractivity contribution in [3.8, 4) is 17.3 Å². The first kappa shape index (κ1) is 20.3. The van der Waals surface area contributed by atoms with E-state index in [0.717, 1.165) is 12.3 Å². The number of hydrogen-bond donors (Lipinski definition) is 1. The van der Waals surface area contributed by atoms with Crippen LogP contribution in [0.25, 0.3) is 11.4 Å². The lowest BCUT2D eigenvalue weighted by Gasteiger charge is -2.10. The number of anilines is 1. The van der Waals surface area contributed by atoms with E-state index in [1.54, 1.807) is 30.2 Å². The molecule has 0 spiro atoms. The molecule has 0 aliphatic carbocycles. The average Bonchev–Trinajstić information content (AvgIpc) is 3.14. The van der Waals surface area contributed by atoms with Gasteiger partial charge in [-0.05, 0) is 12.1 Å². The van der Waals surface area contributed by atoms with Crippen molar-refractivity contribution < 1.29 is 23.0 Å². The van der Waals surface area contributed by atoms with Crippen molar-refractivity contribution >= 4 is 11.6 Å². The maximum Gasteiger partial charge on any atom is 0.293 e. The molecular formula is C18H18F2N6O3. The van der Waals surface area contributed by atoms with Crippen molar-refractivity contribution in [3.05, 3.63) is 48.4 Å². The Kier molecular flexibility index (Phi) is 6.39. The van der Waals surface area contributed by atoms with Gasteiger partial charge in [-0.25, -0.2) is 18.7 Å². The molecule has 0 saturated heterocycles. The second-order valence-electron chi connectivity index (χ2n) is 5.87. The topological polar surface area (TPSA) is 104 Å². The summed E-state index contributed by atoms with van der Waals surface area (Å²) in [5.74, 6) is -0.615. The van der Waals surface area contributed by atoms with Crippen molar-refractivity contribution in [3.63, 3.8) is 0 Å². The monoisotopic (exact) mass is 404 g/mol. The lowest BCUT2D eigenvalue weighted by Crippen LogP contribution is -2.17. The third kappa shape index (κ3) is 5.08. The summed E-state index contributed by atoms with van der Waals surface area (Å²) >= 11 is 0. The Morgan fingerprint density at radius 1 is 1.24 bits per heavy atom. The highest BCUT2D eigenvalue weighted by Crippen LogP contribution is 2.21. The van der Waals surface area contributed by atoms with Gasteiger partial charge in [0, 0.05) is 20.2 Å². The fourth-order valence-electron chi connectivity index (χ4n) is 2.36. The van der Waals surface area contributed by atoms with Crippen LogP contribution in [0.2, 0.25) is 0 Å². The van der Waals surface area contributed by atoms with Crippen LogP contribution in [0.5, 0.6) is 5.88 Å². The largest absolute Gasteiger partial charge is 0.475 e. The highest BCUT2D eigenvalue weighted by Gasteiger charge is 2.17. The molecule has 3 aromatic rings. The Bertz CT molecular complexity index is 978. The van der Waals surface area contributed by atoms with Crippen LogP contribution in [0.4, 0.5) is 14.5 Å². The summed E-state index contributed by atoms with van der Waals surface area (Å²) in [7, 11) is 3.32. The molecular weight excluding hydrogens is 386 g/mol. The number of carbonyl (C=O) groups is 1. The lowest BCUT2D eigenvalue weighted by molar-refractivity contribution is 0.101. The number of ether oxygens (including phenoxy) is 2. The molecule has 3 rings (SSSR count). The molecule has 0 bridgehead atoms. The predicted octanol–water partition coefficient (Wildman–Crippen LogP) is 2.49. The summed E-state index contributed by atoms with van der Waals surface area (Å²) in [6.45, 7) is 0.577. The number of alkyl halides is 2. The molecule has 0 atom stereocenters. The van der Waals surface area contributed by atoms with E-state index in [-0.39, 0.29) is 29.7 Å². The van der Waals surface area contributed by atoms with E-state index < -0.39 is 12.3 Å². The summed E-state index contributed by atoms with van der Waals surface area (Å²) in [5, 5.41) is 2.53. The van der Waals surface area contributed by atoms with E-state index in [2.05, 4.69) is 25.3 Å².